The molecule has 25 heavy (non-hydrogen) atoms. The standard InChI is InChI=1S/C18H13BrClIN2O2/c1-10-3-4-13(20)8-16(10)23-18(24)12(9-22)5-11-6-14(19)17(25-2)15(21)7-11/h3-8H,1-2H3,(H,23,24)/b12-5+. The fourth-order valence-electron chi connectivity index (χ4n) is 2.09. The number of amides is 1. The van der Waals surface area contributed by atoms with E-state index in [1.165, 1.54) is 6.08 Å². The molecule has 2 aromatic carbocycles. The van der Waals surface area contributed by atoms with Crippen molar-refractivity contribution in [2.75, 3.05) is 12.4 Å². The van der Waals surface area contributed by atoms with Gasteiger partial charge in [0.25, 0.3) is 5.91 Å². The van der Waals surface area contributed by atoms with Crippen LogP contribution in [0.1, 0.15) is 11.1 Å². The van der Waals surface area contributed by atoms with Gasteiger partial charge in [-0.05, 0) is 86.9 Å². The minimum Gasteiger partial charge on any atom is -0.494 e. The molecule has 0 radical (unpaired) electrons. The number of methoxy groups -OCH3 is 1. The molecule has 1 N–H and O–H groups in total. The molecule has 2 rings (SSSR count). The molecular formula is C18H13BrClIN2O2. The van der Waals surface area contributed by atoms with Crippen LogP contribution in [0, 0.1) is 21.8 Å². The number of aryl methyl sites for hydroxylation is 1. The van der Waals surface area contributed by atoms with Crippen molar-refractivity contribution in [3.05, 3.63) is 60.1 Å². The van der Waals surface area contributed by atoms with Crippen LogP contribution >= 0.6 is 50.1 Å². The van der Waals surface area contributed by atoms with Crippen molar-refractivity contribution in [2.24, 2.45) is 0 Å². The van der Waals surface area contributed by atoms with Crippen molar-refractivity contribution in [3.8, 4) is 11.8 Å². The van der Waals surface area contributed by atoms with Crippen LogP contribution in [0.5, 0.6) is 5.75 Å². The number of hydrogen-bond donors (Lipinski definition) is 1. The third-order valence-electron chi connectivity index (χ3n) is 3.35. The summed E-state index contributed by atoms with van der Waals surface area (Å²) in [7, 11) is 1.58. The lowest BCUT2D eigenvalue weighted by molar-refractivity contribution is -0.112. The highest BCUT2D eigenvalue weighted by Gasteiger charge is 2.13. The molecule has 0 saturated carbocycles. The lowest BCUT2D eigenvalue weighted by Gasteiger charge is -2.09. The maximum Gasteiger partial charge on any atom is 0.266 e. The SMILES string of the molecule is COc1c(Br)cc(/C=C(\C#N)C(=O)Nc2cc(Cl)ccc2C)cc1I. The summed E-state index contributed by atoms with van der Waals surface area (Å²) in [5.74, 6) is 0.213. The van der Waals surface area contributed by atoms with Crippen LogP contribution in [0.15, 0.2) is 40.4 Å². The van der Waals surface area contributed by atoms with Crippen LogP contribution in [-0.2, 0) is 4.79 Å². The Morgan fingerprint density at radius 3 is 2.72 bits per heavy atom. The highest BCUT2D eigenvalue weighted by atomic mass is 127. The first-order valence-corrected chi connectivity index (χ1v) is 9.33. The molecule has 0 heterocycles. The minimum absolute atomic E-state index is 0.00718. The Morgan fingerprint density at radius 1 is 1.40 bits per heavy atom. The van der Waals surface area contributed by atoms with Gasteiger partial charge < -0.3 is 10.1 Å². The second kappa shape index (κ2) is 8.70. The molecule has 4 nitrogen and oxygen atoms in total. The quantitative estimate of drug-likeness (QED) is 0.319. The molecule has 0 spiro atoms. The van der Waals surface area contributed by atoms with Gasteiger partial charge in [-0.15, -0.1) is 0 Å². The highest BCUT2D eigenvalue weighted by Crippen LogP contribution is 2.32. The first-order chi connectivity index (χ1) is 11.8. The van der Waals surface area contributed by atoms with Gasteiger partial charge in [-0.3, -0.25) is 4.79 Å². The number of nitriles is 1. The second-order valence-corrected chi connectivity index (χ2v) is 7.55. The number of rotatable bonds is 4. The summed E-state index contributed by atoms with van der Waals surface area (Å²) in [5.41, 5.74) is 2.14. The minimum atomic E-state index is -0.491. The Labute approximate surface area is 173 Å². The number of hydrogen-bond acceptors (Lipinski definition) is 3. The molecule has 0 aliphatic rings. The summed E-state index contributed by atoms with van der Waals surface area (Å²) in [6, 6.07) is 10.8. The molecule has 0 aliphatic heterocycles. The van der Waals surface area contributed by atoms with Gasteiger partial charge in [-0.2, -0.15) is 5.26 Å². The molecule has 0 fully saturated rings. The van der Waals surface area contributed by atoms with E-state index in [0.717, 1.165) is 13.6 Å². The average Bonchev–Trinajstić information content (AvgIpc) is 2.55. The lowest BCUT2D eigenvalue weighted by Crippen LogP contribution is -2.14. The van der Waals surface area contributed by atoms with E-state index >= 15 is 0 Å². The van der Waals surface area contributed by atoms with Crippen LogP contribution in [0.25, 0.3) is 6.08 Å². The molecule has 128 valence electrons. The Balaban J connectivity index is 2.33. The van der Waals surface area contributed by atoms with E-state index in [1.807, 2.05) is 19.1 Å². The molecule has 0 saturated heterocycles. The van der Waals surface area contributed by atoms with E-state index in [2.05, 4.69) is 43.8 Å². The summed E-state index contributed by atoms with van der Waals surface area (Å²) in [6.45, 7) is 1.85. The monoisotopic (exact) mass is 530 g/mol. The first-order valence-electron chi connectivity index (χ1n) is 7.08. The summed E-state index contributed by atoms with van der Waals surface area (Å²) in [6.07, 6.45) is 1.53. The van der Waals surface area contributed by atoms with Crippen LogP contribution in [0.2, 0.25) is 5.02 Å². The van der Waals surface area contributed by atoms with Crippen LogP contribution in [0.4, 0.5) is 5.69 Å². The smallest absolute Gasteiger partial charge is 0.266 e. The zero-order chi connectivity index (χ0) is 18.6. The number of carbonyl (C=O) groups excluding carboxylic acids is 1. The molecule has 2 aromatic rings. The molecule has 7 heteroatoms. The largest absolute Gasteiger partial charge is 0.494 e. The summed E-state index contributed by atoms with van der Waals surface area (Å²) < 4.78 is 6.89. The number of nitrogens with one attached hydrogen (secondary N) is 1. The topological polar surface area (TPSA) is 62.1 Å². The summed E-state index contributed by atoms with van der Waals surface area (Å²) in [4.78, 5) is 12.4. The maximum absolute atomic E-state index is 12.4. The van der Waals surface area contributed by atoms with E-state index in [9.17, 15) is 10.1 Å². The Morgan fingerprint density at radius 2 is 2.12 bits per heavy atom. The van der Waals surface area contributed by atoms with Crippen molar-refractivity contribution in [1.82, 2.24) is 0 Å². The van der Waals surface area contributed by atoms with Crippen molar-refractivity contribution < 1.29 is 9.53 Å². The zero-order valence-electron chi connectivity index (χ0n) is 13.4. The van der Waals surface area contributed by atoms with Crippen molar-refractivity contribution in [1.29, 1.82) is 5.26 Å². The molecule has 0 atom stereocenters. The van der Waals surface area contributed by atoms with Gasteiger partial charge in [-0.25, -0.2) is 0 Å². The number of anilines is 1. The average molecular weight is 532 g/mol. The van der Waals surface area contributed by atoms with Crippen LogP contribution in [-0.4, -0.2) is 13.0 Å². The van der Waals surface area contributed by atoms with E-state index < -0.39 is 5.91 Å². The van der Waals surface area contributed by atoms with Crippen molar-refractivity contribution in [3.63, 3.8) is 0 Å². The van der Waals surface area contributed by atoms with Gasteiger partial charge in [-0.1, -0.05) is 17.7 Å². The van der Waals surface area contributed by atoms with Gasteiger partial charge >= 0.3 is 0 Å². The van der Waals surface area contributed by atoms with Gasteiger partial charge in [0.2, 0.25) is 0 Å². The Bertz CT molecular complexity index is 883. The predicted molar refractivity (Wildman–Crippen MR) is 112 cm³/mol. The molecule has 0 unspecified atom stereocenters. The van der Waals surface area contributed by atoms with E-state index in [1.54, 1.807) is 31.4 Å². The molecular weight excluding hydrogens is 518 g/mol. The van der Waals surface area contributed by atoms with E-state index in [0.29, 0.717) is 22.0 Å². The van der Waals surface area contributed by atoms with Gasteiger partial charge in [0.1, 0.15) is 17.4 Å². The van der Waals surface area contributed by atoms with E-state index in [4.69, 9.17) is 16.3 Å². The third-order valence-corrected chi connectivity index (χ3v) is 4.97. The lowest BCUT2D eigenvalue weighted by atomic mass is 10.1. The predicted octanol–water partition coefficient (Wildman–Crippen LogP) is 5.57. The number of benzene rings is 2. The number of ether oxygens (including phenoxy) is 1. The molecule has 0 aliphatic carbocycles. The number of carbonyl (C=O) groups is 1. The first kappa shape index (κ1) is 19.8. The number of halogens is 3. The highest BCUT2D eigenvalue weighted by molar-refractivity contribution is 14.1. The third kappa shape index (κ3) is 4.97. The van der Waals surface area contributed by atoms with Gasteiger partial charge in [0, 0.05) is 10.7 Å². The Hall–Kier alpha value is -1.56. The fraction of sp³-hybridized carbons (Fsp3) is 0.111. The molecule has 0 aromatic heterocycles. The zero-order valence-corrected chi connectivity index (χ0v) is 17.9. The molecule has 0 bridgehead atoms. The fourth-order valence-corrected chi connectivity index (χ4v) is 4.14. The van der Waals surface area contributed by atoms with Gasteiger partial charge in [0.05, 0.1) is 15.2 Å². The van der Waals surface area contributed by atoms with Crippen LogP contribution < -0.4 is 10.1 Å². The van der Waals surface area contributed by atoms with E-state index in [-0.39, 0.29) is 5.57 Å². The van der Waals surface area contributed by atoms with Crippen LogP contribution in [0.3, 0.4) is 0 Å². The normalized spacial score (nSPS) is 11.0. The molecule has 1 amide bonds. The number of nitrogens with zero attached hydrogens (tertiary/aromatic N) is 1. The van der Waals surface area contributed by atoms with Crippen molar-refractivity contribution >= 4 is 67.8 Å². The Kier molecular flexibility index (Phi) is 6.87. The summed E-state index contributed by atoms with van der Waals surface area (Å²) >= 11 is 11.5. The van der Waals surface area contributed by atoms with Crippen molar-refractivity contribution in [2.45, 2.75) is 6.92 Å². The maximum atomic E-state index is 12.4. The second-order valence-electron chi connectivity index (χ2n) is 5.10. The van der Waals surface area contributed by atoms with Gasteiger partial charge in [0.15, 0.2) is 0 Å². The summed E-state index contributed by atoms with van der Waals surface area (Å²) in [5, 5.41) is 12.6.